The van der Waals surface area contributed by atoms with Crippen LogP contribution in [0.15, 0.2) is 52.0 Å². The van der Waals surface area contributed by atoms with Gasteiger partial charge in [0.15, 0.2) is 0 Å². The Hall–Kier alpha value is -1.95. The molecule has 0 aliphatic rings. The highest BCUT2D eigenvalue weighted by Gasteiger charge is 2.05. The van der Waals surface area contributed by atoms with E-state index in [4.69, 9.17) is 0 Å². The van der Waals surface area contributed by atoms with E-state index >= 15 is 0 Å². The minimum Gasteiger partial charge on any atom is -0.349 e. The number of rotatable bonds is 4. The van der Waals surface area contributed by atoms with Crippen molar-refractivity contribution in [2.24, 2.45) is 0 Å². The van der Waals surface area contributed by atoms with Gasteiger partial charge in [0.05, 0.1) is 12.2 Å². The Morgan fingerprint density at radius 3 is 2.89 bits per heavy atom. The van der Waals surface area contributed by atoms with Crippen LogP contribution in [0, 0.1) is 0 Å². The normalized spacial score (nSPS) is 10.2. The van der Waals surface area contributed by atoms with Gasteiger partial charge in [0.25, 0.3) is 5.56 Å². The number of pyridine rings is 2. The monoisotopic (exact) mass is 321 g/mol. The second-order valence-electron chi connectivity index (χ2n) is 3.91. The molecule has 0 radical (unpaired) electrons. The zero-order valence-corrected chi connectivity index (χ0v) is 11.6. The van der Waals surface area contributed by atoms with Crippen LogP contribution in [-0.4, -0.2) is 15.5 Å². The van der Waals surface area contributed by atoms with Gasteiger partial charge < -0.3 is 9.88 Å². The Kier molecular flexibility index (Phi) is 4.46. The smallest absolute Gasteiger partial charge is 0.251 e. The van der Waals surface area contributed by atoms with Gasteiger partial charge in [-0.3, -0.25) is 14.6 Å². The van der Waals surface area contributed by atoms with E-state index in [1.807, 2.05) is 18.2 Å². The summed E-state index contributed by atoms with van der Waals surface area (Å²) in [5, 5.41) is 2.72. The summed E-state index contributed by atoms with van der Waals surface area (Å²) in [5.41, 5.74) is 0.564. The molecule has 2 rings (SSSR count). The summed E-state index contributed by atoms with van der Waals surface area (Å²) in [6.07, 6.45) is 3.25. The molecular weight excluding hydrogens is 310 g/mol. The molecule has 0 atom stereocenters. The number of nitrogens with zero attached hydrogens (tertiary/aromatic N) is 2. The topological polar surface area (TPSA) is 64.0 Å². The zero-order valence-electron chi connectivity index (χ0n) is 10.0. The first-order valence-corrected chi connectivity index (χ1v) is 6.47. The molecule has 0 saturated heterocycles. The summed E-state index contributed by atoms with van der Waals surface area (Å²) < 4.78 is 2.10. The van der Waals surface area contributed by atoms with Crippen molar-refractivity contribution in [1.82, 2.24) is 14.9 Å². The number of carbonyl (C=O) groups is 1. The molecule has 98 valence electrons. The van der Waals surface area contributed by atoms with Gasteiger partial charge >= 0.3 is 0 Å². The van der Waals surface area contributed by atoms with Gasteiger partial charge in [-0.25, -0.2) is 0 Å². The Bertz CT molecular complexity index is 625. The Morgan fingerprint density at radius 2 is 2.16 bits per heavy atom. The number of halogens is 1. The first-order chi connectivity index (χ1) is 9.15. The van der Waals surface area contributed by atoms with Crippen molar-refractivity contribution >= 4 is 21.8 Å². The molecule has 0 aliphatic carbocycles. The molecule has 2 aromatic heterocycles. The largest absolute Gasteiger partial charge is 0.349 e. The molecule has 0 unspecified atom stereocenters. The minimum absolute atomic E-state index is 0.00882. The van der Waals surface area contributed by atoms with Crippen molar-refractivity contribution in [3.8, 4) is 0 Å². The van der Waals surface area contributed by atoms with Crippen molar-refractivity contribution in [1.29, 1.82) is 0 Å². The van der Waals surface area contributed by atoms with Crippen LogP contribution < -0.4 is 10.9 Å². The molecule has 0 spiro atoms. The third-order valence-electron chi connectivity index (χ3n) is 2.45. The van der Waals surface area contributed by atoms with Gasteiger partial charge in [0, 0.05) is 22.9 Å². The number of hydrogen-bond acceptors (Lipinski definition) is 3. The second-order valence-corrected chi connectivity index (χ2v) is 4.83. The van der Waals surface area contributed by atoms with Crippen LogP contribution in [0.25, 0.3) is 0 Å². The molecule has 6 heteroatoms. The average Bonchev–Trinajstić information content (AvgIpc) is 2.42. The van der Waals surface area contributed by atoms with Crippen LogP contribution in [-0.2, 0) is 17.9 Å². The zero-order chi connectivity index (χ0) is 13.7. The van der Waals surface area contributed by atoms with E-state index in [2.05, 4.69) is 26.2 Å². The average molecular weight is 322 g/mol. The molecule has 0 aliphatic heterocycles. The quantitative estimate of drug-likeness (QED) is 0.923. The number of aromatic nitrogens is 2. The lowest BCUT2D eigenvalue weighted by molar-refractivity contribution is -0.121. The molecule has 5 nitrogen and oxygen atoms in total. The van der Waals surface area contributed by atoms with E-state index in [0.29, 0.717) is 6.54 Å². The fourth-order valence-electron chi connectivity index (χ4n) is 1.53. The van der Waals surface area contributed by atoms with Crippen LogP contribution in [0.5, 0.6) is 0 Å². The van der Waals surface area contributed by atoms with Crippen LogP contribution in [0.2, 0.25) is 0 Å². The molecule has 2 heterocycles. The molecule has 0 fully saturated rings. The van der Waals surface area contributed by atoms with Crippen molar-refractivity contribution in [2.75, 3.05) is 0 Å². The molecule has 2 aromatic rings. The second kappa shape index (κ2) is 6.29. The molecule has 0 aromatic carbocycles. The Balaban J connectivity index is 1.95. The summed E-state index contributed by atoms with van der Waals surface area (Å²) >= 11 is 3.26. The third kappa shape index (κ3) is 4.03. The van der Waals surface area contributed by atoms with Crippen molar-refractivity contribution in [2.45, 2.75) is 13.1 Å². The van der Waals surface area contributed by atoms with Gasteiger partial charge in [-0.2, -0.15) is 0 Å². The minimum atomic E-state index is -0.231. The number of amides is 1. The van der Waals surface area contributed by atoms with E-state index in [1.54, 1.807) is 18.5 Å². The highest BCUT2D eigenvalue weighted by Crippen LogP contribution is 2.04. The van der Waals surface area contributed by atoms with Gasteiger partial charge in [0.1, 0.15) is 6.54 Å². The maximum Gasteiger partial charge on any atom is 0.251 e. The fourth-order valence-corrected chi connectivity index (χ4v) is 1.91. The van der Waals surface area contributed by atoms with Crippen LogP contribution in [0.4, 0.5) is 0 Å². The maximum atomic E-state index is 11.7. The van der Waals surface area contributed by atoms with Gasteiger partial charge in [-0.1, -0.05) is 6.07 Å². The third-order valence-corrected chi connectivity index (χ3v) is 2.92. The molecule has 19 heavy (non-hydrogen) atoms. The van der Waals surface area contributed by atoms with E-state index in [9.17, 15) is 9.59 Å². The molecule has 0 bridgehead atoms. The first kappa shape index (κ1) is 13.5. The molecular formula is C13H12BrN3O2. The van der Waals surface area contributed by atoms with Crippen molar-refractivity contribution in [3.63, 3.8) is 0 Å². The van der Waals surface area contributed by atoms with E-state index in [-0.39, 0.29) is 18.0 Å². The summed E-state index contributed by atoms with van der Waals surface area (Å²) in [6.45, 7) is 0.341. The maximum absolute atomic E-state index is 11.7. The first-order valence-electron chi connectivity index (χ1n) is 5.68. The Labute approximate surface area is 118 Å². The predicted octanol–water partition coefficient (Wildman–Crippen LogP) is 1.32. The standard InChI is InChI=1S/C13H12BrN3O2/c14-10-4-5-13(19)17(8-10)9-12(18)16-7-11-3-1-2-6-15-11/h1-6,8H,7,9H2,(H,16,18). The summed E-state index contributed by atoms with van der Waals surface area (Å²) in [7, 11) is 0. The fraction of sp³-hybridized carbons (Fsp3) is 0.154. The SMILES string of the molecule is O=C(Cn1cc(Br)ccc1=O)NCc1ccccn1. The van der Waals surface area contributed by atoms with Crippen LogP contribution in [0.1, 0.15) is 5.69 Å². The van der Waals surface area contributed by atoms with Gasteiger partial charge in [-0.15, -0.1) is 0 Å². The van der Waals surface area contributed by atoms with E-state index in [0.717, 1.165) is 10.2 Å². The lowest BCUT2D eigenvalue weighted by atomic mass is 10.3. The number of carbonyl (C=O) groups excluding carboxylic acids is 1. The predicted molar refractivity (Wildman–Crippen MR) is 74.5 cm³/mol. The lowest BCUT2D eigenvalue weighted by Gasteiger charge is -2.07. The lowest BCUT2D eigenvalue weighted by Crippen LogP contribution is -2.31. The van der Waals surface area contributed by atoms with E-state index < -0.39 is 0 Å². The van der Waals surface area contributed by atoms with Crippen molar-refractivity contribution < 1.29 is 4.79 Å². The van der Waals surface area contributed by atoms with Crippen LogP contribution >= 0.6 is 15.9 Å². The van der Waals surface area contributed by atoms with Gasteiger partial charge in [-0.05, 0) is 34.1 Å². The number of hydrogen-bond donors (Lipinski definition) is 1. The summed E-state index contributed by atoms with van der Waals surface area (Å²) in [4.78, 5) is 27.4. The van der Waals surface area contributed by atoms with Crippen molar-refractivity contribution in [3.05, 3.63) is 63.2 Å². The highest BCUT2D eigenvalue weighted by molar-refractivity contribution is 9.10. The number of nitrogens with one attached hydrogen (secondary N) is 1. The van der Waals surface area contributed by atoms with Crippen LogP contribution in [0.3, 0.4) is 0 Å². The summed E-state index contributed by atoms with van der Waals surface area (Å²) in [6, 6.07) is 8.55. The van der Waals surface area contributed by atoms with Gasteiger partial charge in [0.2, 0.25) is 5.91 Å². The Morgan fingerprint density at radius 1 is 1.32 bits per heavy atom. The molecule has 0 saturated carbocycles. The van der Waals surface area contributed by atoms with E-state index in [1.165, 1.54) is 10.6 Å². The highest BCUT2D eigenvalue weighted by atomic mass is 79.9. The summed E-state index contributed by atoms with van der Waals surface area (Å²) in [5.74, 6) is -0.231. The molecule has 1 N–H and O–H groups in total. The molecule has 1 amide bonds.